The fourth-order valence-corrected chi connectivity index (χ4v) is 3.41. The number of fused-ring (bicyclic) bond motifs is 2. The second-order valence-electron chi connectivity index (χ2n) is 6.20. The van der Waals surface area contributed by atoms with Gasteiger partial charge in [0.2, 0.25) is 0 Å². The van der Waals surface area contributed by atoms with Crippen LogP contribution in [0.3, 0.4) is 0 Å². The van der Waals surface area contributed by atoms with Crippen molar-refractivity contribution < 1.29 is 82.3 Å². The number of aromatic nitrogens is 4. The standard InChI is InChI=1S/C14H15ClN5O5.Rb/c1-14(2)24-8-6(3-21)23-12(9(8)25-14)20-4-16-7-10(15)18-13(17-5-22)19-11(7)20;/h4,6,8-9,12,21H,3H2,1-2H3,(H,17,18,19,22);/q-1;+1. The summed E-state index contributed by atoms with van der Waals surface area (Å²) in [5, 5.41) is 11.9. The number of anilines is 1. The zero-order valence-electron chi connectivity index (χ0n) is 14.3. The molecule has 2 saturated heterocycles. The SMILES string of the molecule is CC1(C)OC2C(CO)OC(n3cnc4c(Cl)nc(N[C-]=O)nc43)C2O1.[Rb+]. The van der Waals surface area contributed by atoms with E-state index in [0.29, 0.717) is 11.2 Å². The molecule has 1 amide bonds. The Morgan fingerprint density at radius 1 is 1.38 bits per heavy atom. The van der Waals surface area contributed by atoms with Crippen LogP contribution in [0.2, 0.25) is 5.15 Å². The minimum Gasteiger partial charge on any atom is -0.460 e. The molecular weight excluding hydrogens is 439 g/mol. The number of ether oxygens (including phenoxy) is 3. The molecule has 26 heavy (non-hydrogen) atoms. The van der Waals surface area contributed by atoms with Gasteiger partial charge in [0.15, 0.2) is 12.0 Å². The number of halogens is 1. The third kappa shape index (κ3) is 3.51. The Morgan fingerprint density at radius 2 is 2.12 bits per heavy atom. The Kier molecular flexibility index (Phi) is 6.17. The van der Waals surface area contributed by atoms with E-state index in [1.54, 1.807) is 18.4 Å². The summed E-state index contributed by atoms with van der Waals surface area (Å²) in [5.41, 5.74) is 0.706. The van der Waals surface area contributed by atoms with Gasteiger partial charge in [0.25, 0.3) is 0 Å². The van der Waals surface area contributed by atoms with Crippen molar-refractivity contribution in [1.82, 2.24) is 19.5 Å². The van der Waals surface area contributed by atoms with Gasteiger partial charge in [-0.05, 0) is 13.8 Å². The number of nitrogens with one attached hydrogen (secondary N) is 1. The number of hydrogen-bond donors (Lipinski definition) is 2. The van der Waals surface area contributed by atoms with Crippen LogP contribution >= 0.6 is 11.6 Å². The van der Waals surface area contributed by atoms with E-state index in [2.05, 4.69) is 20.3 Å². The van der Waals surface area contributed by atoms with Crippen LogP contribution in [-0.2, 0) is 19.0 Å². The van der Waals surface area contributed by atoms with Crippen LogP contribution in [0.25, 0.3) is 11.2 Å². The number of aliphatic hydroxyl groups excluding tert-OH is 1. The summed E-state index contributed by atoms with van der Waals surface area (Å²) in [7, 11) is 0. The number of imidazole rings is 1. The van der Waals surface area contributed by atoms with Gasteiger partial charge in [-0.25, -0.2) is 4.98 Å². The predicted octanol–water partition coefficient (Wildman–Crippen LogP) is -2.63. The summed E-state index contributed by atoms with van der Waals surface area (Å²) in [6.45, 7) is 3.38. The van der Waals surface area contributed by atoms with Crippen LogP contribution < -0.4 is 63.5 Å². The molecular formula is C14H15ClN5O5Rb. The third-order valence-corrected chi connectivity index (χ3v) is 4.38. The Hall–Kier alpha value is -0.0448. The van der Waals surface area contributed by atoms with Crippen LogP contribution in [0.5, 0.6) is 0 Å². The molecule has 0 bridgehead atoms. The van der Waals surface area contributed by atoms with Crippen molar-refractivity contribution in [1.29, 1.82) is 0 Å². The summed E-state index contributed by atoms with van der Waals surface area (Å²) >= 11 is 6.10. The Balaban J connectivity index is 0.00000196. The average Bonchev–Trinajstić information content (AvgIpc) is 3.18. The van der Waals surface area contributed by atoms with Crippen LogP contribution in [0.15, 0.2) is 6.33 Å². The molecule has 0 spiro atoms. The summed E-state index contributed by atoms with van der Waals surface area (Å²) in [6, 6.07) is 0. The molecule has 4 unspecified atom stereocenters. The van der Waals surface area contributed by atoms with E-state index >= 15 is 0 Å². The Bertz CT molecular complexity index is 833. The summed E-state index contributed by atoms with van der Waals surface area (Å²) in [5.74, 6) is -0.807. The molecule has 0 aromatic carbocycles. The third-order valence-electron chi connectivity index (χ3n) is 4.12. The van der Waals surface area contributed by atoms with Gasteiger partial charge in [-0.15, -0.1) is 0 Å². The zero-order chi connectivity index (χ0) is 17.8. The average molecular weight is 454 g/mol. The molecule has 2 aromatic heterocycles. The molecule has 2 aromatic rings. The van der Waals surface area contributed by atoms with Crippen molar-refractivity contribution in [3.05, 3.63) is 11.5 Å². The largest absolute Gasteiger partial charge is 1.00 e. The Labute approximate surface area is 202 Å². The van der Waals surface area contributed by atoms with Crippen molar-refractivity contribution in [2.45, 2.75) is 44.2 Å². The van der Waals surface area contributed by atoms with Gasteiger partial charge in [0.1, 0.15) is 34.6 Å². The fourth-order valence-electron chi connectivity index (χ4n) is 3.20. The molecule has 4 rings (SSSR count). The van der Waals surface area contributed by atoms with E-state index < -0.39 is 30.3 Å². The number of carbonyl (C=O) groups excluding carboxylic acids is 1. The van der Waals surface area contributed by atoms with Gasteiger partial charge in [-0.2, -0.15) is 0 Å². The number of rotatable bonds is 4. The number of nitrogens with zero attached hydrogens (tertiary/aromatic N) is 4. The van der Waals surface area contributed by atoms with Crippen LogP contribution in [-0.4, -0.2) is 61.7 Å². The molecule has 0 saturated carbocycles. The van der Waals surface area contributed by atoms with Crippen molar-refractivity contribution in [3.8, 4) is 0 Å². The first-order chi connectivity index (χ1) is 11.9. The molecule has 2 N–H and O–H groups in total. The maximum absolute atomic E-state index is 10.5. The van der Waals surface area contributed by atoms with Crippen molar-refractivity contribution >= 4 is 35.1 Å². The fraction of sp³-hybridized carbons (Fsp3) is 0.571. The monoisotopic (exact) mass is 453 g/mol. The minimum absolute atomic E-state index is 0. The molecule has 134 valence electrons. The quantitative estimate of drug-likeness (QED) is 0.293. The van der Waals surface area contributed by atoms with Crippen LogP contribution in [0, 0.1) is 0 Å². The molecule has 12 heteroatoms. The van der Waals surface area contributed by atoms with E-state index in [4.69, 9.17) is 25.8 Å². The van der Waals surface area contributed by atoms with Crippen molar-refractivity contribution in [2.24, 2.45) is 0 Å². The first kappa shape index (κ1) is 20.7. The van der Waals surface area contributed by atoms with E-state index in [-0.39, 0.29) is 75.9 Å². The molecule has 0 aliphatic carbocycles. The maximum Gasteiger partial charge on any atom is 1.00 e. The van der Waals surface area contributed by atoms with Gasteiger partial charge in [-0.1, -0.05) is 11.6 Å². The molecule has 4 atom stereocenters. The second kappa shape index (κ2) is 7.76. The summed E-state index contributed by atoms with van der Waals surface area (Å²) in [6.07, 6.45) is 0.919. The van der Waals surface area contributed by atoms with Crippen LogP contribution in [0.4, 0.5) is 5.95 Å². The van der Waals surface area contributed by atoms with Gasteiger partial charge < -0.3 is 29.4 Å². The minimum atomic E-state index is -0.799. The van der Waals surface area contributed by atoms with Gasteiger partial charge >= 0.3 is 58.2 Å². The maximum atomic E-state index is 10.5. The molecule has 2 fully saturated rings. The van der Waals surface area contributed by atoms with Crippen LogP contribution in [0.1, 0.15) is 20.1 Å². The van der Waals surface area contributed by atoms with Crippen molar-refractivity contribution in [3.63, 3.8) is 0 Å². The first-order valence-electron chi connectivity index (χ1n) is 7.58. The Morgan fingerprint density at radius 3 is 2.81 bits per heavy atom. The number of aliphatic hydroxyl groups is 1. The molecule has 0 radical (unpaired) electrons. The second-order valence-corrected chi connectivity index (χ2v) is 6.56. The smallest absolute Gasteiger partial charge is 0.460 e. The van der Waals surface area contributed by atoms with E-state index in [1.165, 1.54) is 12.7 Å². The topological polar surface area (TPSA) is 121 Å². The zero-order valence-corrected chi connectivity index (χ0v) is 20.0. The van der Waals surface area contributed by atoms with Gasteiger partial charge in [-0.3, -0.25) is 14.5 Å². The number of amides is 1. The van der Waals surface area contributed by atoms with Gasteiger partial charge in [0, 0.05) is 0 Å². The molecule has 4 heterocycles. The normalized spacial score (nSPS) is 29.4. The van der Waals surface area contributed by atoms with E-state index in [0.717, 1.165) is 0 Å². The number of hydrogen-bond acceptors (Lipinski definition) is 8. The van der Waals surface area contributed by atoms with Crippen molar-refractivity contribution in [2.75, 3.05) is 11.9 Å². The van der Waals surface area contributed by atoms with E-state index in [9.17, 15) is 9.90 Å². The van der Waals surface area contributed by atoms with Gasteiger partial charge in [0.05, 0.1) is 25.3 Å². The molecule has 2 aliphatic rings. The summed E-state index contributed by atoms with van der Waals surface area (Å²) in [4.78, 5) is 22.9. The van der Waals surface area contributed by atoms with E-state index in [1.807, 2.05) is 0 Å². The molecule has 2 aliphatic heterocycles. The summed E-state index contributed by atoms with van der Waals surface area (Å²) < 4.78 is 19.3. The first-order valence-corrected chi connectivity index (χ1v) is 7.96. The molecule has 10 nitrogen and oxygen atoms in total. The predicted molar refractivity (Wildman–Crippen MR) is 84.5 cm³/mol.